The Balaban J connectivity index is 1.48. The molecule has 0 spiro atoms. The van der Waals surface area contributed by atoms with E-state index in [1.807, 2.05) is 5.38 Å². The van der Waals surface area contributed by atoms with Crippen molar-refractivity contribution in [3.05, 3.63) is 11.1 Å². The highest BCUT2D eigenvalue weighted by molar-refractivity contribution is 7.13. The fourth-order valence-corrected chi connectivity index (χ4v) is 4.18. The molecule has 1 unspecified atom stereocenters. The fourth-order valence-electron chi connectivity index (χ4n) is 3.46. The summed E-state index contributed by atoms with van der Waals surface area (Å²) in [5.41, 5.74) is 1.01. The largest absolute Gasteiger partial charge is 0.333 e. The number of likely N-dealkylation sites (tertiary alicyclic amines) is 2. The summed E-state index contributed by atoms with van der Waals surface area (Å²) in [6.45, 7) is 6.21. The Hall–Kier alpha value is -1.47. The Bertz CT molecular complexity index is 589. The van der Waals surface area contributed by atoms with Crippen molar-refractivity contribution < 1.29 is 9.59 Å². The fraction of sp³-hybridized carbons (Fsp3) is 0.706. The molecule has 6 nitrogen and oxygen atoms in total. The average molecular weight is 350 g/mol. The predicted octanol–water partition coefficient (Wildman–Crippen LogP) is 2.33. The molecule has 2 aliphatic heterocycles. The van der Waals surface area contributed by atoms with Crippen molar-refractivity contribution in [2.24, 2.45) is 5.92 Å². The number of amides is 2. The SMILES string of the molecule is CC1CCCN(Cc2csc(NC(=O)CN3CCCCC3=O)n2)C1. The van der Waals surface area contributed by atoms with E-state index in [9.17, 15) is 9.59 Å². The van der Waals surface area contributed by atoms with E-state index in [0.29, 0.717) is 18.1 Å². The molecule has 132 valence electrons. The van der Waals surface area contributed by atoms with E-state index in [2.05, 4.69) is 22.1 Å². The molecule has 0 saturated carbocycles. The zero-order valence-corrected chi connectivity index (χ0v) is 15.1. The summed E-state index contributed by atoms with van der Waals surface area (Å²) in [5.74, 6) is 0.673. The van der Waals surface area contributed by atoms with Crippen LogP contribution in [0.1, 0.15) is 44.7 Å². The molecule has 24 heavy (non-hydrogen) atoms. The standard InChI is InChI=1S/C17H26N4O2S/c1-13-5-4-7-20(9-13)10-14-12-24-17(18-14)19-15(22)11-21-8-3-2-6-16(21)23/h12-13H,2-11H2,1H3,(H,18,19,22). The van der Waals surface area contributed by atoms with Gasteiger partial charge in [-0.15, -0.1) is 11.3 Å². The first-order valence-corrected chi connectivity index (χ1v) is 9.72. The molecule has 0 aliphatic carbocycles. The molecular formula is C17H26N4O2S. The number of carbonyl (C=O) groups is 2. The third kappa shape index (κ3) is 4.77. The predicted molar refractivity (Wildman–Crippen MR) is 94.8 cm³/mol. The van der Waals surface area contributed by atoms with Crippen molar-refractivity contribution in [1.82, 2.24) is 14.8 Å². The van der Waals surface area contributed by atoms with Gasteiger partial charge in [-0.05, 0) is 38.1 Å². The van der Waals surface area contributed by atoms with Gasteiger partial charge < -0.3 is 10.2 Å². The van der Waals surface area contributed by atoms with E-state index in [-0.39, 0.29) is 18.4 Å². The highest BCUT2D eigenvalue weighted by atomic mass is 32.1. The molecule has 1 atom stereocenters. The molecule has 2 aliphatic rings. The first kappa shape index (κ1) is 17.4. The van der Waals surface area contributed by atoms with Crippen molar-refractivity contribution in [1.29, 1.82) is 0 Å². The second-order valence-corrected chi connectivity index (χ2v) is 7.81. The van der Waals surface area contributed by atoms with E-state index in [4.69, 9.17) is 0 Å². The van der Waals surface area contributed by atoms with Crippen LogP contribution in [0.2, 0.25) is 0 Å². The van der Waals surface area contributed by atoms with Gasteiger partial charge >= 0.3 is 0 Å². The van der Waals surface area contributed by atoms with Crippen LogP contribution in [0.5, 0.6) is 0 Å². The minimum atomic E-state index is -0.155. The first-order chi connectivity index (χ1) is 11.6. The van der Waals surface area contributed by atoms with Gasteiger partial charge in [0.2, 0.25) is 11.8 Å². The Morgan fingerprint density at radius 2 is 2.25 bits per heavy atom. The van der Waals surface area contributed by atoms with Gasteiger partial charge in [-0.25, -0.2) is 4.98 Å². The van der Waals surface area contributed by atoms with Gasteiger partial charge in [0.1, 0.15) is 0 Å². The first-order valence-electron chi connectivity index (χ1n) is 8.84. The molecular weight excluding hydrogens is 324 g/mol. The maximum absolute atomic E-state index is 12.1. The van der Waals surface area contributed by atoms with Gasteiger partial charge in [-0.1, -0.05) is 6.92 Å². The van der Waals surface area contributed by atoms with E-state index in [1.54, 1.807) is 4.90 Å². The lowest BCUT2D eigenvalue weighted by Gasteiger charge is -2.30. The van der Waals surface area contributed by atoms with Crippen molar-refractivity contribution in [3.63, 3.8) is 0 Å². The van der Waals surface area contributed by atoms with Crippen LogP contribution < -0.4 is 5.32 Å². The number of rotatable bonds is 5. The summed E-state index contributed by atoms with van der Waals surface area (Å²) < 4.78 is 0. The minimum absolute atomic E-state index is 0.0791. The molecule has 1 aromatic heterocycles. The molecule has 0 radical (unpaired) electrons. The van der Waals surface area contributed by atoms with Crippen molar-refractivity contribution in [2.75, 3.05) is 31.5 Å². The summed E-state index contributed by atoms with van der Waals surface area (Å²) in [6, 6.07) is 0. The summed E-state index contributed by atoms with van der Waals surface area (Å²) in [6.07, 6.45) is 5.03. The van der Waals surface area contributed by atoms with Crippen LogP contribution in [-0.2, 0) is 16.1 Å². The number of aromatic nitrogens is 1. The number of anilines is 1. The summed E-state index contributed by atoms with van der Waals surface area (Å²) in [4.78, 5) is 32.5. The molecule has 1 aromatic rings. The van der Waals surface area contributed by atoms with Crippen LogP contribution in [0.15, 0.2) is 5.38 Å². The second-order valence-electron chi connectivity index (χ2n) is 6.95. The van der Waals surface area contributed by atoms with Crippen LogP contribution in [0.4, 0.5) is 5.13 Å². The Labute approximate surface area is 147 Å². The van der Waals surface area contributed by atoms with Crippen LogP contribution in [0, 0.1) is 5.92 Å². The van der Waals surface area contributed by atoms with Crippen molar-refractivity contribution >= 4 is 28.3 Å². The summed E-state index contributed by atoms with van der Waals surface area (Å²) in [7, 11) is 0. The number of piperidine rings is 2. The normalized spacial score (nSPS) is 22.6. The monoisotopic (exact) mass is 350 g/mol. The second kappa shape index (κ2) is 8.07. The van der Waals surface area contributed by atoms with E-state index >= 15 is 0 Å². The molecule has 2 saturated heterocycles. The maximum Gasteiger partial charge on any atom is 0.245 e. The molecule has 3 rings (SSSR count). The molecule has 0 bridgehead atoms. The van der Waals surface area contributed by atoms with E-state index in [0.717, 1.165) is 44.1 Å². The van der Waals surface area contributed by atoms with Gasteiger partial charge in [-0.2, -0.15) is 0 Å². The zero-order valence-electron chi connectivity index (χ0n) is 14.3. The lowest BCUT2D eigenvalue weighted by molar-refractivity contribution is -0.136. The molecule has 7 heteroatoms. The van der Waals surface area contributed by atoms with Crippen LogP contribution in [-0.4, -0.2) is 52.8 Å². The Kier molecular flexibility index (Phi) is 5.84. The number of nitrogens with one attached hydrogen (secondary N) is 1. The van der Waals surface area contributed by atoms with Gasteiger partial charge in [0.15, 0.2) is 5.13 Å². The maximum atomic E-state index is 12.1. The minimum Gasteiger partial charge on any atom is -0.333 e. The molecule has 2 fully saturated rings. The Morgan fingerprint density at radius 1 is 1.38 bits per heavy atom. The lowest BCUT2D eigenvalue weighted by Crippen LogP contribution is -2.40. The number of carbonyl (C=O) groups excluding carboxylic acids is 2. The highest BCUT2D eigenvalue weighted by Gasteiger charge is 2.21. The van der Waals surface area contributed by atoms with Gasteiger partial charge in [-0.3, -0.25) is 14.5 Å². The third-order valence-corrected chi connectivity index (χ3v) is 5.49. The molecule has 0 aromatic carbocycles. The van der Waals surface area contributed by atoms with E-state index in [1.165, 1.54) is 24.2 Å². The van der Waals surface area contributed by atoms with Gasteiger partial charge in [0, 0.05) is 31.4 Å². The lowest BCUT2D eigenvalue weighted by atomic mass is 10.0. The van der Waals surface area contributed by atoms with Crippen molar-refractivity contribution in [2.45, 2.75) is 45.6 Å². The summed E-state index contributed by atoms with van der Waals surface area (Å²) in [5, 5.41) is 5.48. The third-order valence-electron chi connectivity index (χ3n) is 4.68. The number of nitrogens with zero attached hydrogens (tertiary/aromatic N) is 3. The number of thiazole rings is 1. The van der Waals surface area contributed by atoms with Crippen LogP contribution in [0.25, 0.3) is 0 Å². The number of hydrogen-bond donors (Lipinski definition) is 1. The summed E-state index contributed by atoms with van der Waals surface area (Å²) >= 11 is 1.46. The van der Waals surface area contributed by atoms with E-state index < -0.39 is 0 Å². The van der Waals surface area contributed by atoms with Crippen molar-refractivity contribution in [3.8, 4) is 0 Å². The molecule has 2 amide bonds. The average Bonchev–Trinajstić information content (AvgIpc) is 2.96. The van der Waals surface area contributed by atoms with Crippen LogP contribution in [0.3, 0.4) is 0 Å². The molecule has 1 N–H and O–H groups in total. The topological polar surface area (TPSA) is 65.5 Å². The van der Waals surface area contributed by atoms with Gasteiger partial charge in [0.25, 0.3) is 0 Å². The zero-order chi connectivity index (χ0) is 16.9. The highest BCUT2D eigenvalue weighted by Crippen LogP contribution is 2.21. The van der Waals surface area contributed by atoms with Gasteiger partial charge in [0.05, 0.1) is 12.2 Å². The number of hydrogen-bond acceptors (Lipinski definition) is 5. The quantitative estimate of drug-likeness (QED) is 0.885. The van der Waals surface area contributed by atoms with Crippen LogP contribution >= 0.6 is 11.3 Å². The molecule has 3 heterocycles. The smallest absolute Gasteiger partial charge is 0.245 e. The Morgan fingerprint density at radius 3 is 3.04 bits per heavy atom.